The van der Waals surface area contributed by atoms with Gasteiger partial charge in [0.05, 0.1) is 17.6 Å². The van der Waals surface area contributed by atoms with Crippen LogP contribution in [0.4, 0.5) is 0 Å². The van der Waals surface area contributed by atoms with Crippen LogP contribution in [0.3, 0.4) is 0 Å². The van der Waals surface area contributed by atoms with Gasteiger partial charge in [-0.2, -0.15) is 10.5 Å². The Balaban J connectivity index is 1.78. The van der Waals surface area contributed by atoms with Crippen molar-refractivity contribution < 1.29 is 0 Å². The highest BCUT2D eigenvalue weighted by Crippen LogP contribution is 2.78. The molecule has 0 amide bonds. The largest absolute Gasteiger partial charge is 0.197 e. The van der Waals surface area contributed by atoms with E-state index in [0.717, 1.165) is 28.7 Å². The zero-order valence-electron chi connectivity index (χ0n) is 13.7. The third kappa shape index (κ3) is 1.57. The maximum atomic E-state index is 10.2. The molecule has 2 nitrogen and oxygen atoms in total. The molecule has 3 aliphatic carbocycles. The first kappa shape index (κ1) is 14.3. The lowest BCUT2D eigenvalue weighted by Crippen LogP contribution is -2.18. The summed E-state index contributed by atoms with van der Waals surface area (Å²) in [5.74, 6) is 0.375. The highest BCUT2D eigenvalue weighted by molar-refractivity contribution is 5.80. The molecule has 2 aromatic carbocycles. The zero-order valence-corrected chi connectivity index (χ0v) is 13.7. The lowest BCUT2D eigenvalue weighted by Gasteiger charge is -2.27. The number of hydrogen-bond donors (Lipinski definition) is 0. The van der Waals surface area contributed by atoms with Gasteiger partial charge in [0.2, 0.25) is 0 Å². The van der Waals surface area contributed by atoms with E-state index in [-0.39, 0.29) is 17.3 Å². The highest BCUT2D eigenvalue weighted by atomic mass is 14.8. The zero-order chi connectivity index (χ0) is 17.1. The fourth-order valence-corrected chi connectivity index (χ4v) is 5.23. The first-order valence-electron chi connectivity index (χ1n) is 8.64. The van der Waals surface area contributed by atoms with E-state index in [4.69, 9.17) is 0 Å². The number of allylic oxidation sites excluding steroid dienone is 4. The second kappa shape index (κ2) is 4.71. The van der Waals surface area contributed by atoms with E-state index in [1.807, 2.05) is 36.4 Å². The van der Waals surface area contributed by atoms with Crippen molar-refractivity contribution >= 4 is 5.57 Å². The molecule has 4 atom stereocenters. The molecular weight excluding hydrogens is 304 g/mol. The third-order valence-electron chi connectivity index (χ3n) is 6.36. The normalized spacial score (nSPS) is 34.2. The molecule has 0 heterocycles. The summed E-state index contributed by atoms with van der Waals surface area (Å²) >= 11 is 0. The number of hydrogen-bond acceptors (Lipinski definition) is 2. The first-order chi connectivity index (χ1) is 12.3. The van der Waals surface area contributed by atoms with Gasteiger partial charge in [0, 0.05) is 16.9 Å². The van der Waals surface area contributed by atoms with Gasteiger partial charge in [-0.25, -0.2) is 0 Å². The Morgan fingerprint density at radius 1 is 0.880 bits per heavy atom. The summed E-state index contributed by atoms with van der Waals surface area (Å²) in [5.41, 5.74) is 3.34. The van der Waals surface area contributed by atoms with Gasteiger partial charge < -0.3 is 0 Å². The van der Waals surface area contributed by atoms with Crippen LogP contribution >= 0.6 is 0 Å². The summed E-state index contributed by atoms with van der Waals surface area (Å²) in [6.07, 6.45) is 5.16. The Bertz CT molecular complexity index is 1000. The predicted molar refractivity (Wildman–Crippen MR) is 95.9 cm³/mol. The van der Waals surface area contributed by atoms with E-state index in [0.29, 0.717) is 0 Å². The molecular formula is C23H16N2. The van der Waals surface area contributed by atoms with Crippen molar-refractivity contribution in [2.75, 3.05) is 0 Å². The summed E-state index contributed by atoms with van der Waals surface area (Å²) in [4.78, 5) is 0. The van der Waals surface area contributed by atoms with Crippen LogP contribution < -0.4 is 0 Å². The molecule has 25 heavy (non-hydrogen) atoms. The molecule has 5 rings (SSSR count). The molecule has 2 bridgehead atoms. The minimum atomic E-state index is -0.533. The molecule has 3 aliphatic rings. The lowest BCUT2D eigenvalue weighted by atomic mass is 9.75. The van der Waals surface area contributed by atoms with Gasteiger partial charge in [0.15, 0.2) is 0 Å². The minimum Gasteiger partial charge on any atom is -0.197 e. The van der Waals surface area contributed by atoms with Crippen molar-refractivity contribution in [1.29, 1.82) is 10.5 Å². The van der Waals surface area contributed by atoms with Crippen molar-refractivity contribution in [1.82, 2.24) is 0 Å². The summed E-state index contributed by atoms with van der Waals surface area (Å²) in [6.45, 7) is 0. The second-order valence-corrected chi connectivity index (χ2v) is 7.23. The monoisotopic (exact) mass is 320 g/mol. The van der Waals surface area contributed by atoms with E-state index in [1.54, 1.807) is 0 Å². The minimum absolute atomic E-state index is 0.109. The van der Waals surface area contributed by atoms with E-state index in [9.17, 15) is 10.5 Å². The van der Waals surface area contributed by atoms with Crippen LogP contribution in [0.5, 0.6) is 0 Å². The molecule has 0 radical (unpaired) electrons. The van der Waals surface area contributed by atoms with Gasteiger partial charge in [-0.15, -0.1) is 0 Å². The van der Waals surface area contributed by atoms with Crippen LogP contribution in [0.1, 0.15) is 17.5 Å². The standard InChI is InChI=1S/C23H16N2/c24-14-17-12-23(18-9-5-2-6-10-18)21-11-19(17)20(13-22(21,23)15-25)16-7-3-1-4-8-16/h1-10,12-13,19,21H,11H2/t19-,21-,22?,23?/m1/s1. The summed E-state index contributed by atoms with van der Waals surface area (Å²) in [5, 5.41) is 20.0. The van der Waals surface area contributed by atoms with E-state index in [1.165, 1.54) is 0 Å². The van der Waals surface area contributed by atoms with Gasteiger partial charge in [0.1, 0.15) is 0 Å². The van der Waals surface area contributed by atoms with Crippen LogP contribution in [-0.4, -0.2) is 0 Å². The van der Waals surface area contributed by atoms with E-state index in [2.05, 4.69) is 48.6 Å². The average Bonchev–Trinajstić information content (AvgIpc) is 3.34. The Morgan fingerprint density at radius 3 is 2.20 bits per heavy atom. The predicted octanol–water partition coefficient (Wildman–Crippen LogP) is 4.63. The maximum absolute atomic E-state index is 10.2. The molecule has 1 fully saturated rings. The molecule has 0 aromatic heterocycles. The second-order valence-electron chi connectivity index (χ2n) is 7.23. The van der Waals surface area contributed by atoms with Crippen molar-refractivity contribution in [3.05, 3.63) is 89.5 Å². The molecule has 0 N–H and O–H groups in total. The van der Waals surface area contributed by atoms with Crippen LogP contribution in [0, 0.1) is 39.9 Å². The first-order valence-corrected chi connectivity index (χ1v) is 8.64. The number of rotatable bonds is 2. The van der Waals surface area contributed by atoms with Crippen LogP contribution in [0.25, 0.3) is 5.57 Å². The van der Waals surface area contributed by atoms with Crippen molar-refractivity contribution in [2.24, 2.45) is 17.3 Å². The third-order valence-corrected chi connectivity index (χ3v) is 6.36. The Hall–Kier alpha value is -3.10. The maximum Gasteiger partial charge on any atom is 0.0950 e. The molecule has 2 aromatic rings. The fourth-order valence-electron chi connectivity index (χ4n) is 5.23. The Kier molecular flexibility index (Phi) is 2.69. The summed E-state index contributed by atoms with van der Waals surface area (Å²) in [6, 6.07) is 25.5. The number of fused-ring (bicyclic) bond motifs is 2. The fraction of sp³-hybridized carbons (Fsp3) is 0.217. The smallest absolute Gasteiger partial charge is 0.0950 e. The SMILES string of the molecule is N#CC1=CC2(c3ccccc3)[C@@H]3C[C@H]1C(c1ccccc1)=CC32C#N. The number of nitrogens with zero attached hydrogens (tertiary/aromatic N) is 2. The summed E-state index contributed by atoms with van der Waals surface area (Å²) in [7, 11) is 0. The summed E-state index contributed by atoms with van der Waals surface area (Å²) < 4.78 is 0. The molecule has 1 saturated carbocycles. The molecule has 0 spiro atoms. The molecule has 0 saturated heterocycles. The van der Waals surface area contributed by atoms with Crippen LogP contribution in [-0.2, 0) is 5.41 Å². The molecule has 2 heteroatoms. The van der Waals surface area contributed by atoms with Crippen molar-refractivity contribution in [2.45, 2.75) is 11.8 Å². The molecule has 118 valence electrons. The van der Waals surface area contributed by atoms with Crippen molar-refractivity contribution in [3.8, 4) is 12.1 Å². The lowest BCUT2D eigenvalue weighted by molar-refractivity contribution is 0.533. The van der Waals surface area contributed by atoms with Gasteiger partial charge in [-0.05, 0) is 29.0 Å². The van der Waals surface area contributed by atoms with Gasteiger partial charge in [-0.3, -0.25) is 0 Å². The van der Waals surface area contributed by atoms with E-state index >= 15 is 0 Å². The quantitative estimate of drug-likeness (QED) is 0.810. The topological polar surface area (TPSA) is 47.6 Å². The highest BCUT2D eigenvalue weighted by Gasteiger charge is 2.79. The molecule has 0 aliphatic heterocycles. The Labute approximate surface area is 147 Å². The van der Waals surface area contributed by atoms with Gasteiger partial charge in [-0.1, -0.05) is 72.8 Å². The van der Waals surface area contributed by atoms with Crippen LogP contribution in [0.2, 0.25) is 0 Å². The number of nitriles is 2. The average molecular weight is 320 g/mol. The van der Waals surface area contributed by atoms with Gasteiger partial charge in [0.25, 0.3) is 0 Å². The van der Waals surface area contributed by atoms with Gasteiger partial charge >= 0.3 is 0 Å². The van der Waals surface area contributed by atoms with Crippen LogP contribution in [0.15, 0.2) is 78.4 Å². The molecule has 2 unspecified atom stereocenters. The van der Waals surface area contributed by atoms with Crippen molar-refractivity contribution in [3.63, 3.8) is 0 Å². The number of benzene rings is 2. The Morgan fingerprint density at radius 2 is 1.56 bits per heavy atom. The van der Waals surface area contributed by atoms with E-state index < -0.39 is 5.41 Å².